The largest absolute Gasteiger partial charge is 0.477 e. The van der Waals surface area contributed by atoms with E-state index in [9.17, 15) is 4.79 Å². The van der Waals surface area contributed by atoms with Crippen LogP contribution in [-0.2, 0) is 13.5 Å². The average molecular weight is 423 g/mol. The third-order valence-electron chi connectivity index (χ3n) is 4.73. The minimum Gasteiger partial charge on any atom is -0.477 e. The quantitative estimate of drug-likeness (QED) is 0.481. The van der Waals surface area contributed by atoms with Crippen molar-refractivity contribution in [3.05, 3.63) is 34.1 Å². The van der Waals surface area contributed by atoms with E-state index in [1.165, 1.54) is 0 Å². The van der Waals surface area contributed by atoms with Crippen LogP contribution in [0, 0.1) is 12.8 Å². The van der Waals surface area contributed by atoms with E-state index >= 15 is 0 Å². The summed E-state index contributed by atoms with van der Waals surface area (Å²) in [5.41, 5.74) is 2.64. The Morgan fingerprint density at radius 3 is 2.74 bits per heavy atom. The summed E-state index contributed by atoms with van der Waals surface area (Å²) in [6, 6.07) is 1.79. The first-order valence-electron chi connectivity index (χ1n) is 10.3. The maximum atomic E-state index is 12.8. The van der Waals surface area contributed by atoms with E-state index in [-0.39, 0.29) is 5.56 Å². The van der Waals surface area contributed by atoms with Crippen LogP contribution in [0.4, 0.5) is 0 Å². The molecule has 4 aromatic heterocycles. The molecular formula is C21H25N7O3. The molecule has 0 fully saturated rings. The second-order valence-corrected chi connectivity index (χ2v) is 7.86. The molecule has 0 spiro atoms. The molecule has 1 N–H and O–H groups in total. The van der Waals surface area contributed by atoms with Gasteiger partial charge in [0.15, 0.2) is 11.3 Å². The van der Waals surface area contributed by atoms with Gasteiger partial charge < -0.3 is 14.2 Å². The lowest BCUT2D eigenvalue weighted by molar-refractivity contribution is 0.262. The highest BCUT2D eigenvalue weighted by molar-refractivity contribution is 5.79. The maximum absolute atomic E-state index is 12.8. The summed E-state index contributed by atoms with van der Waals surface area (Å²) in [6.07, 6.45) is 3.28. The normalized spacial score (nSPS) is 11.5. The number of fused-ring (bicyclic) bond motifs is 1. The lowest BCUT2D eigenvalue weighted by Gasteiger charge is -2.12. The Morgan fingerprint density at radius 1 is 1.26 bits per heavy atom. The van der Waals surface area contributed by atoms with E-state index in [4.69, 9.17) is 14.2 Å². The van der Waals surface area contributed by atoms with Gasteiger partial charge in [0.2, 0.25) is 5.88 Å². The van der Waals surface area contributed by atoms with E-state index < -0.39 is 0 Å². The Morgan fingerprint density at radius 2 is 2.06 bits per heavy atom. The van der Waals surface area contributed by atoms with Gasteiger partial charge in [0.25, 0.3) is 11.4 Å². The third kappa shape index (κ3) is 4.05. The van der Waals surface area contributed by atoms with Crippen LogP contribution in [0.3, 0.4) is 0 Å². The summed E-state index contributed by atoms with van der Waals surface area (Å²) in [4.78, 5) is 29.1. The Hall–Kier alpha value is -3.56. The molecule has 0 bridgehead atoms. The van der Waals surface area contributed by atoms with Crippen LogP contribution < -0.4 is 10.3 Å². The lowest BCUT2D eigenvalue weighted by atomic mass is 10.1. The zero-order chi connectivity index (χ0) is 22.1. The van der Waals surface area contributed by atoms with E-state index in [2.05, 4.69) is 32.1 Å². The fourth-order valence-corrected chi connectivity index (χ4v) is 3.28. The summed E-state index contributed by atoms with van der Waals surface area (Å²) in [5, 5.41) is 8.18. The van der Waals surface area contributed by atoms with Gasteiger partial charge in [0, 0.05) is 13.2 Å². The maximum Gasteiger partial charge on any atom is 0.279 e. The number of aromatic amines is 1. The van der Waals surface area contributed by atoms with Crippen molar-refractivity contribution in [1.82, 2.24) is 34.9 Å². The molecule has 0 saturated carbocycles. The molecule has 0 saturated heterocycles. The monoisotopic (exact) mass is 423 g/mol. The molecule has 0 aliphatic carbocycles. The van der Waals surface area contributed by atoms with Crippen molar-refractivity contribution in [2.45, 2.75) is 40.5 Å². The number of ether oxygens (including phenoxy) is 1. The molecule has 10 nitrogen and oxygen atoms in total. The highest BCUT2D eigenvalue weighted by atomic mass is 16.5. The predicted octanol–water partition coefficient (Wildman–Crippen LogP) is 3.06. The molecule has 0 aliphatic rings. The highest BCUT2D eigenvalue weighted by Crippen LogP contribution is 2.31. The Bertz CT molecular complexity index is 1290. The SMILES string of the molecule is CCCc1c2nc(-c3cc(-c4nc(C)no4)cnc3OCC(C)C)[nH]c(=O)c2nn1C. The van der Waals surface area contributed by atoms with Gasteiger partial charge in [-0.25, -0.2) is 9.97 Å². The van der Waals surface area contributed by atoms with E-state index in [0.717, 1.165) is 18.5 Å². The smallest absolute Gasteiger partial charge is 0.279 e. The summed E-state index contributed by atoms with van der Waals surface area (Å²) < 4.78 is 12.9. The van der Waals surface area contributed by atoms with Gasteiger partial charge in [-0.1, -0.05) is 32.3 Å². The minimum atomic E-state index is -0.313. The standard InChI is InChI=1S/C21H25N7O3/c1-6-7-15-16-17(26-28(15)5)19(29)25-18(24-16)14-8-13(20-23-12(4)27-31-20)9-22-21(14)30-10-11(2)3/h8-9,11H,6-7,10H2,1-5H3,(H,24,25,29). The van der Waals surface area contributed by atoms with E-state index in [1.54, 1.807) is 23.9 Å². The molecular weight excluding hydrogens is 398 g/mol. The molecule has 162 valence electrons. The average Bonchev–Trinajstić information content (AvgIpc) is 3.30. The molecule has 4 rings (SSSR count). The summed E-state index contributed by atoms with van der Waals surface area (Å²) >= 11 is 0. The first-order valence-corrected chi connectivity index (χ1v) is 10.3. The van der Waals surface area contributed by atoms with Gasteiger partial charge in [-0.3, -0.25) is 9.48 Å². The first-order chi connectivity index (χ1) is 14.9. The molecule has 0 amide bonds. The van der Waals surface area contributed by atoms with Crippen molar-refractivity contribution < 1.29 is 9.26 Å². The topological polar surface area (TPSA) is 125 Å². The summed E-state index contributed by atoms with van der Waals surface area (Å²) in [7, 11) is 1.82. The number of rotatable bonds is 7. The number of pyridine rings is 1. The van der Waals surface area contributed by atoms with Crippen molar-refractivity contribution >= 4 is 11.0 Å². The van der Waals surface area contributed by atoms with Crippen LogP contribution in [0.5, 0.6) is 5.88 Å². The molecule has 0 unspecified atom stereocenters. The zero-order valence-electron chi connectivity index (χ0n) is 18.3. The number of hydrogen-bond donors (Lipinski definition) is 1. The van der Waals surface area contributed by atoms with Gasteiger partial charge >= 0.3 is 0 Å². The fraction of sp³-hybridized carbons (Fsp3) is 0.429. The molecule has 4 heterocycles. The Labute approximate surface area is 178 Å². The molecule has 10 heteroatoms. The van der Waals surface area contributed by atoms with Crippen LogP contribution in [0.1, 0.15) is 38.7 Å². The number of nitrogens with one attached hydrogen (secondary N) is 1. The van der Waals surface area contributed by atoms with Crippen LogP contribution in [0.2, 0.25) is 0 Å². The second-order valence-electron chi connectivity index (χ2n) is 7.86. The number of aryl methyl sites for hydroxylation is 3. The van der Waals surface area contributed by atoms with Crippen molar-refractivity contribution in [3.8, 4) is 28.7 Å². The highest BCUT2D eigenvalue weighted by Gasteiger charge is 2.20. The molecule has 0 atom stereocenters. The van der Waals surface area contributed by atoms with Gasteiger partial charge in [-0.05, 0) is 25.3 Å². The van der Waals surface area contributed by atoms with Gasteiger partial charge in [-0.2, -0.15) is 10.1 Å². The first kappa shape index (κ1) is 20.7. The van der Waals surface area contributed by atoms with Crippen molar-refractivity contribution in [1.29, 1.82) is 0 Å². The van der Waals surface area contributed by atoms with Crippen molar-refractivity contribution in [2.24, 2.45) is 13.0 Å². The second kappa shape index (κ2) is 8.29. The number of hydrogen-bond acceptors (Lipinski definition) is 8. The van der Waals surface area contributed by atoms with Gasteiger partial charge in [-0.15, -0.1) is 0 Å². The molecule has 0 aliphatic heterocycles. The van der Waals surface area contributed by atoms with Crippen LogP contribution in [-0.4, -0.2) is 41.5 Å². The summed E-state index contributed by atoms with van der Waals surface area (Å²) in [6.45, 7) is 8.39. The van der Waals surface area contributed by atoms with Gasteiger partial charge in [0.05, 0.1) is 23.4 Å². The number of nitrogens with zero attached hydrogens (tertiary/aromatic N) is 6. The van der Waals surface area contributed by atoms with Crippen molar-refractivity contribution in [2.75, 3.05) is 6.61 Å². The van der Waals surface area contributed by atoms with Crippen molar-refractivity contribution in [3.63, 3.8) is 0 Å². The molecule has 31 heavy (non-hydrogen) atoms. The predicted molar refractivity (Wildman–Crippen MR) is 115 cm³/mol. The number of aromatic nitrogens is 7. The fourth-order valence-electron chi connectivity index (χ4n) is 3.28. The molecule has 0 aromatic carbocycles. The van der Waals surface area contributed by atoms with Gasteiger partial charge in [0.1, 0.15) is 11.3 Å². The number of H-pyrrole nitrogens is 1. The molecule has 4 aromatic rings. The molecule has 0 radical (unpaired) electrons. The Kier molecular flexibility index (Phi) is 5.53. The minimum absolute atomic E-state index is 0.303. The van der Waals surface area contributed by atoms with Crippen LogP contribution >= 0.6 is 0 Å². The zero-order valence-corrected chi connectivity index (χ0v) is 18.3. The Balaban J connectivity index is 1.90. The summed E-state index contributed by atoms with van der Waals surface area (Å²) in [5.74, 6) is 1.88. The third-order valence-corrected chi connectivity index (χ3v) is 4.73. The van der Waals surface area contributed by atoms with Crippen LogP contribution in [0.25, 0.3) is 33.9 Å². The van der Waals surface area contributed by atoms with E-state index in [0.29, 0.717) is 58.1 Å². The van der Waals surface area contributed by atoms with Crippen LogP contribution in [0.15, 0.2) is 21.6 Å². The lowest BCUT2D eigenvalue weighted by Crippen LogP contribution is -2.12. The van der Waals surface area contributed by atoms with E-state index in [1.807, 2.05) is 20.9 Å².